The minimum Gasteiger partial charge on any atom is -0.312 e. The van der Waals surface area contributed by atoms with Crippen LogP contribution in [-0.4, -0.2) is 27.0 Å². The van der Waals surface area contributed by atoms with Gasteiger partial charge in [0.15, 0.2) is 0 Å². The predicted octanol–water partition coefficient (Wildman–Crippen LogP) is 1.56. The Morgan fingerprint density at radius 2 is 2.06 bits per heavy atom. The molecule has 0 fully saturated rings. The van der Waals surface area contributed by atoms with Crippen molar-refractivity contribution in [2.45, 2.75) is 26.8 Å². The highest BCUT2D eigenvalue weighted by molar-refractivity contribution is 5.33. The van der Waals surface area contributed by atoms with Crippen molar-refractivity contribution in [3.05, 3.63) is 35.4 Å². The van der Waals surface area contributed by atoms with Crippen LogP contribution in [-0.2, 0) is 0 Å². The second-order valence-corrected chi connectivity index (χ2v) is 4.20. The van der Waals surface area contributed by atoms with Crippen molar-refractivity contribution < 1.29 is 0 Å². The molecule has 2 rings (SSSR count). The zero-order valence-electron chi connectivity index (χ0n) is 10.6. The molecule has 0 aliphatic carbocycles. The van der Waals surface area contributed by atoms with Gasteiger partial charge in [0, 0.05) is 6.20 Å². The number of pyridine rings is 1. The Kier molecular flexibility index (Phi) is 3.19. The van der Waals surface area contributed by atoms with E-state index in [1.165, 1.54) is 0 Å². The predicted molar refractivity (Wildman–Crippen MR) is 66.1 cm³/mol. The Morgan fingerprint density at radius 3 is 2.71 bits per heavy atom. The maximum atomic E-state index is 4.22. The molecular formula is C12H17N5. The molecule has 0 aliphatic heterocycles. The van der Waals surface area contributed by atoms with Crippen LogP contribution >= 0.6 is 0 Å². The lowest BCUT2D eigenvalue weighted by atomic mass is 10.2. The summed E-state index contributed by atoms with van der Waals surface area (Å²) in [6, 6.07) is 2.24. The maximum absolute atomic E-state index is 4.22. The van der Waals surface area contributed by atoms with Crippen LogP contribution in [0.4, 0.5) is 0 Å². The van der Waals surface area contributed by atoms with Crippen molar-refractivity contribution in [2.75, 3.05) is 7.05 Å². The molecule has 2 aromatic heterocycles. The van der Waals surface area contributed by atoms with E-state index in [2.05, 4.69) is 27.5 Å². The normalized spacial score (nSPS) is 12.7. The first-order valence-corrected chi connectivity index (χ1v) is 5.65. The summed E-state index contributed by atoms with van der Waals surface area (Å²) in [5, 5.41) is 11.6. The summed E-state index contributed by atoms with van der Waals surface area (Å²) >= 11 is 0. The minimum atomic E-state index is 0.196. The maximum Gasteiger partial charge on any atom is 0.103 e. The molecule has 1 N–H and O–H groups in total. The van der Waals surface area contributed by atoms with E-state index in [-0.39, 0.29) is 6.04 Å². The molecule has 0 bridgehead atoms. The standard InChI is InChI=1S/C12H17N5/c1-8-5-11(7-14-6-8)17-10(3)12(15-16-17)9(2)13-4/h5-7,9,13H,1-4H3. The van der Waals surface area contributed by atoms with E-state index < -0.39 is 0 Å². The van der Waals surface area contributed by atoms with Gasteiger partial charge in [0.2, 0.25) is 0 Å². The second kappa shape index (κ2) is 4.63. The largest absolute Gasteiger partial charge is 0.312 e. The summed E-state index contributed by atoms with van der Waals surface area (Å²) in [4.78, 5) is 4.17. The number of hydrogen-bond acceptors (Lipinski definition) is 4. The van der Waals surface area contributed by atoms with Crippen molar-refractivity contribution in [1.29, 1.82) is 0 Å². The van der Waals surface area contributed by atoms with E-state index >= 15 is 0 Å². The third-order valence-corrected chi connectivity index (χ3v) is 2.88. The fourth-order valence-corrected chi connectivity index (χ4v) is 1.78. The lowest BCUT2D eigenvalue weighted by molar-refractivity contribution is 0.627. The Labute approximate surface area is 101 Å². The van der Waals surface area contributed by atoms with Crippen LogP contribution in [0.1, 0.15) is 29.9 Å². The molecule has 0 aromatic carbocycles. The van der Waals surface area contributed by atoms with Gasteiger partial charge in [-0.1, -0.05) is 5.21 Å². The van der Waals surface area contributed by atoms with Gasteiger partial charge in [-0.2, -0.15) is 0 Å². The molecule has 0 saturated carbocycles. The van der Waals surface area contributed by atoms with E-state index in [0.717, 1.165) is 22.6 Å². The van der Waals surface area contributed by atoms with Gasteiger partial charge < -0.3 is 5.32 Å². The fraction of sp³-hybridized carbons (Fsp3) is 0.417. The number of nitrogens with one attached hydrogen (secondary N) is 1. The zero-order chi connectivity index (χ0) is 12.4. The van der Waals surface area contributed by atoms with Gasteiger partial charge in [-0.25, -0.2) is 4.68 Å². The highest BCUT2D eigenvalue weighted by atomic mass is 15.4. The van der Waals surface area contributed by atoms with E-state index in [0.29, 0.717) is 0 Å². The smallest absolute Gasteiger partial charge is 0.103 e. The summed E-state index contributed by atoms with van der Waals surface area (Å²) < 4.78 is 1.82. The molecule has 1 unspecified atom stereocenters. The molecule has 0 aliphatic rings. The zero-order valence-corrected chi connectivity index (χ0v) is 10.6. The van der Waals surface area contributed by atoms with Crippen molar-refractivity contribution in [2.24, 2.45) is 0 Å². The molecule has 0 spiro atoms. The number of rotatable bonds is 3. The lowest BCUT2D eigenvalue weighted by Crippen LogP contribution is -2.14. The minimum absolute atomic E-state index is 0.196. The fourth-order valence-electron chi connectivity index (χ4n) is 1.78. The van der Waals surface area contributed by atoms with Crippen LogP contribution in [0.2, 0.25) is 0 Å². The number of hydrogen-bond donors (Lipinski definition) is 1. The van der Waals surface area contributed by atoms with Crippen molar-refractivity contribution in [3.8, 4) is 5.69 Å². The van der Waals surface area contributed by atoms with Gasteiger partial charge >= 0.3 is 0 Å². The monoisotopic (exact) mass is 231 g/mol. The van der Waals surface area contributed by atoms with Crippen molar-refractivity contribution in [3.63, 3.8) is 0 Å². The summed E-state index contributed by atoms with van der Waals surface area (Å²) in [6.45, 7) is 6.10. The molecule has 0 amide bonds. The molecule has 2 heterocycles. The number of aryl methyl sites for hydroxylation is 1. The first-order valence-electron chi connectivity index (χ1n) is 5.65. The topological polar surface area (TPSA) is 55.6 Å². The highest BCUT2D eigenvalue weighted by Crippen LogP contribution is 2.17. The SMILES string of the molecule is CNC(C)c1nnn(-c2cncc(C)c2)c1C. The van der Waals surface area contributed by atoms with Gasteiger partial charge in [0.25, 0.3) is 0 Å². The first kappa shape index (κ1) is 11.7. The van der Waals surface area contributed by atoms with Crippen LogP contribution in [0.3, 0.4) is 0 Å². The van der Waals surface area contributed by atoms with E-state index in [4.69, 9.17) is 0 Å². The number of nitrogens with zero attached hydrogens (tertiary/aromatic N) is 4. The molecule has 1 atom stereocenters. The number of aromatic nitrogens is 4. The third kappa shape index (κ3) is 2.19. The molecule has 2 aromatic rings. The van der Waals surface area contributed by atoms with Crippen LogP contribution in [0, 0.1) is 13.8 Å². The van der Waals surface area contributed by atoms with Gasteiger partial charge in [0.1, 0.15) is 5.69 Å². The summed E-state index contributed by atoms with van der Waals surface area (Å²) in [5.41, 5.74) is 4.07. The van der Waals surface area contributed by atoms with E-state index in [9.17, 15) is 0 Å². The van der Waals surface area contributed by atoms with Gasteiger partial charge in [-0.3, -0.25) is 4.98 Å². The highest BCUT2D eigenvalue weighted by Gasteiger charge is 2.14. The molecular weight excluding hydrogens is 214 g/mol. The second-order valence-electron chi connectivity index (χ2n) is 4.20. The summed E-state index contributed by atoms with van der Waals surface area (Å²) in [5.74, 6) is 0. The van der Waals surface area contributed by atoms with Crippen molar-refractivity contribution in [1.82, 2.24) is 25.3 Å². The average molecular weight is 231 g/mol. The Balaban J connectivity index is 2.44. The quantitative estimate of drug-likeness (QED) is 0.871. The van der Waals surface area contributed by atoms with E-state index in [1.54, 1.807) is 6.20 Å². The molecule has 0 saturated heterocycles. The van der Waals surface area contributed by atoms with Crippen LogP contribution in [0.5, 0.6) is 0 Å². The lowest BCUT2D eigenvalue weighted by Gasteiger charge is -2.08. The van der Waals surface area contributed by atoms with Crippen LogP contribution in [0.15, 0.2) is 18.5 Å². The molecule has 17 heavy (non-hydrogen) atoms. The van der Waals surface area contributed by atoms with Gasteiger partial charge in [0.05, 0.1) is 23.6 Å². The van der Waals surface area contributed by atoms with Gasteiger partial charge in [-0.05, 0) is 39.4 Å². The van der Waals surface area contributed by atoms with Crippen LogP contribution < -0.4 is 5.32 Å². The Hall–Kier alpha value is -1.75. The summed E-state index contributed by atoms with van der Waals surface area (Å²) in [7, 11) is 1.91. The molecule has 90 valence electrons. The average Bonchev–Trinajstić information content (AvgIpc) is 2.70. The third-order valence-electron chi connectivity index (χ3n) is 2.88. The first-order chi connectivity index (χ1) is 8.13. The van der Waals surface area contributed by atoms with Gasteiger partial charge in [-0.15, -0.1) is 5.10 Å². The molecule has 5 nitrogen and oxygen atoms in total. The van der Waals surface area contributed by atoms with Crippen molar-refractivity contribution >= 4 is 0 Å². The Morgan fingerprint density at radius 1 is 1.29 bits per heavy atom. The molecule has 0 radical (unpaired) electrons. The van der Waals surface area contributed by atoms with E-state index in [1.807, 2.05) is 37.8 Å². The molecule has 5 heteroatoms. The Bertz CT molecular complexity index is 517. The van der Waals surface area contributed by atoms with Crippen LogP contribution in [0.25, 0.3) is 5.69 Å². The summed E-state index contributed by atoms with van der Waals surface area (Å²) in [6.07, 6.45) is 3.62.